The third-order valence-corrected chi connectivity index (χ3v) is 2.59. The predicted octanol–water partition coefficient (Wildman–Crippen LogP) is 0.526. The highest BCUT2D eigenvalue weighted by Crippen LogP contribution is 2.32. The van der Waals surface area contributed by atoms with Crippen molar-refractivity contribution in [1.29, 1.82) is 0 Å². The number of carbonyl (C=O) groups is 1. The molecule has 1 aliphatic rings. The number of amides is 1. The Kier molecular flexibility index (Phi) is 4.11. The summed E-state index contributed by atoms with van der Waals surface area (Å²) >= 11 is 0. The summed E-state index contributed by atoms with van der Waals surface area (Å²) in [6, 6.07) is 4.11. The summed E-state index contributed by atoms with van der Waals surface area (Å²) in [4.78, 5) is 13.2. The van der Waals surface area contributed by atoms with E-state index in [1.54, 1.807) is 0 Å². The van der Waals surface area contributed by atoms with Crippen molar-refractivity contribution in [2.75, 3.05) is 37.8 Å². The van der Waals surface area contributed by atoms with E-state index in [2.05, 4.69) is 0 Å². The Balaban J connectivity index is 2.09. The van der Waals surface area contributed by atoms with Gasteiger partial charge >= 0.3 is 0 Å². The van der Waals surface area contributed by atoms with Gasteiger partial charge in [-0.2, -0.15) is 0 Å². The SMILES string of the molecule is NCCOCCN1C(=O)COc2ccc(F)cc21. The number of carbonyl (C=O) groups excluding carboxylic acids is 1. The highest BCUT2D eigenvalue weighted by atomic mass is 19.1. The largest absolute Gasteiger partial charge is 0.482 e. The van der Waals surface area contributed by atoms with Crippen LogP contribution in [-0.2, 0) is 9.53 Å². The molecular weight excluding hydrogens is 239 g/mol. The van der Waals surface area contributed by atoms with Gasteiger partial charge in [-0.05, 0) is 12.1 Å². The molecule has 0 saturated carbocycles. The first-order valence-corrected chi connectivity index (χ1v) is 5.73. The first-order chi connectivity index (χ1) is 8.72. The third-order valence-electron chi connectivity index (χ3n) is 2.59. The number of hydrogen-bond acceptors (Lipinski definition) is 4. The zero-order chi connectivity index (χ0) is 13.0. The number of nitrogens with zero attached hydrogens (tertiary/aromatic N) is 1. The summed E-state index contributed by atoms with van der Waals surface area (Å²) in [7, 11) is 0. The van der Waals surface area contributed by atoms with E-state index in [0.717, 1.165) is 0 Å². The third kappa shape index (κ3) is 2.77. The van der Waals surface area contributed by atoms with Gasteiger partial charge in [0.25, 0.3) is 5.91 Å². The molecule has 1 amide bonds. The molecule has 0 aliphatic carbocycles. The van der Waals surface area contributed by atoms with E-state index in [0.29, 0.717) is 37.7 Å². The fourth-order valence-electron chi connectivity index (χ4n) is 1.76. The quantitative estimate of drug-likeness (QED) is 0.778. The first-order valence-electron chi connectivity index (χ1n) is 5.73. The van der Waals surface area contributed by atoms with Crippen LogP contribution in [0.15, 0.2) is 18.2 Å². The van der Waals surface area contributed by atoms with Gasteiger partial charge in [-0.1, -0.05) is 0 Å². The molecule has 0 fully saturated rings. The summed E-state index contributed by atoms with van der Waals surface area (Å²) in [5, 5.41) is 0. The fraction of sp³-hybridized carbons (Fsp3) is 0.417. The molecule has 0 unspecified atom stereocenters. The zero-order valence-corrected chi connectivity index (χ0v) is 9.89. The van der Waals surface area contributed by atoms with Crippen LogP contribution in [-0.4, -0.2) is 38.8 Å². The number of fused-ring (bicyclic) bond motifs is 1. The van der Waals surface area contributed by atoms with E-state index in [1.165, 1.54) is 23.1 Å². The molecule has 2 N–H and O–H groups in total. The average Bonchev–Trinajstić information content (AvgIpc) is 2.36. The predicted molar refractivity (Wildman–Crippen MR) is 64.1 cm³/mol. The van der Waals surface area contributed by atoms with Crippen LogP contribution >= 0.6 is 0 Å². The lowest BCUT2D eigenvalue weighted by Gasteiger charge is -2.29. The van der Waals surface area contributed by atoms with Crippen molar-refractivity contribution in [3.63, 3.8) is 0 Å². The number of ether oxygens (including phenoxy) is 2. The second-order valence-corrected chi connectivity index (χ2v) is 3.85. The maximum absolute atomic E-state index is 13.2. The first kappa shape index (κ1) is 12.8. The van der Waals surface area contributed by atoms with E-state index in [1.807, 2.05) is 0 Å². The molecule has 0 atom stereocenters. The molecule has 18 heavy (non-hydrogen) atoms. The van der Waals surface area contributed by atoms with Gasteiger partial charge in [0, 0.05) is 19.2 Å². The van der Waals surface area contributed by atoms with Gasteiger partial charge in [0.1, 0.15) is 11.6 Å². The highest BCUT2D eigenvalue weighted by Gasteiger charge is 2.25. The summed E-state index contributed by atoms with van der Waals surface area (Å²) < 4.78 is 23.7. The van der Waals surface area contributed by atoms with Crippen LogP contribution in [0.5, 0.6) is 5.75 Å². The number of hydrogen-bond donors (Lipinski definition) is 1. The Morgan fingerprint density at radius 2 is 2.28 bits per heavy atom. The Labute approximate surface area is 104 Å². The zero-order valence-electron chi connectivity index (χ0n) is 9.89. The number of benzene rings is 1. The summed E-state index contributed by atoms with van der Waals surface area (Å²) in [6.07, 6.45) is 0. The molecule has 2 rings (SSSR count). The standard InChI is InChI=1S/C12H15FN2O3/c13-9-1-2-11-10(7-9)15(12(16)8-18-11)4-6-17-5-3-14/h1-2,7H,3-6,8,14H2. The van der Waals surface area contributed by atoms with Crippen LogP contribution in [0.2, 0.25) is 0 Å². The van der Waals surface area contributed by atoms with E-state index < -0.39 is 5.82 Å². The molecular formula is C12H15FN2O3. The van der Waals surface area contributed by atoms with Crippen molar-refractivity contribution < 1.29 is 18.7 Å². The van der Waals surface area contributed by atoms with Gasteiger partial charge in [-0.15, -0.1) is 0 Å². The molecule has 0 spiro atoms. The molecule has 1 aromatic carbocycles. The minimum Gasteiger partial charge on any atom is -0.482 e. The molecule has 1 aromatic rings. The van der Waals surface area contributed by atoms with Crippen LogP contribution in [0.1, 0.15) is 0 Å². The molecule has 6 heteroatoms. The van der Waals surface area contributed by atoms with Crippen molar-refractivity contribution in [2.24, 2.45) is 5.73 Å². The maximum atomic E-state index is 13.2. The summed E-state index contributed by atoms with van der Waals surface area (Å²) in [6.45, 7) is 1.56. The minimum absolute atomic E-state index is 0.0322. The van der Waals surface area contributed by atoms with E-state index in [-0.39, 0.29) is 12.5 Å². The lowest BCUT2D eigenvalue weighted by atomic mass is 10.2. The Morgan fingerprint density at radius 3 is 3.06 bits per heavy atom. The second kappa shape index (κ2) is 5.79. The molecule has 0 saturated heterocycles. The van der Waals surface area contributed by atoms with Crippen LogP contribution in [0.4, 0.5) is 10.1 Å². The molecule has 98 valence electrons. The van der Waals surface area contributed by atoms with Gasteiger partial charge in [0.05, 0.1) is 18.9 Å². The molecule has 0 radical (unpaired) electrons. The Bertz CT molecular complexity index is 439. The summed E-state index contributed by atoms with van der Waals surface area (Å²) in [5.41, 5.74) is 5.74. The number of rotatable bonds is 5. The lowest BCUT2D eigenvalue weighted by Crippen LogP contribution is -2.41. The monoisotopic (exact) mass is 254 g/mol. The van der Waals surface area contributed by atoms with Crippen molar-refractivity contribution in [3.05, 3.63) is 24.0 Å². The van der Waals surface area contributed by atoms with Crippen LogP contribution < -0.4 is 15.4 Å². The molecule has 0 aromatic heterocycles. The van der Waals surface area contributed by atoms with Crippen molar-refractivity contribution in [3.8, 4) is 5.75 Å². The topological polar surface area (TPSA) is 64.8 Å². The number of halogens is 1. The van der Waals surface area contributed by atoms with Crippen molar-refractivity contribution in [2.45, 2.75) is 0 Å². The summed E-state index contributed by atoms with van der Waals surface area (Å²) in [5.74, 6) is -0.0980. The number of anilines is 1. The van der Waals surface area contributed by atoms with Gasteiger partial charge in [0.2, 0.25) is 0 Å². The molecule has 1 heterocycles. The van der Waals surface area contributed by atoms with Crippen molar-refractivity contribution >= 4 is 11.6 Å². The molecule has 0 bridgehead atoms. The van der Waals surface area contributed by atoms with E-state index in [4.69, 9.17) is 15.2 Å². The second-order valence-electron chi connectivity index (χ2n) is 3.85. The van der Waals surface area contributed by atoms with Crippen LogP contribution in [0.25, 0.3) is 0 Å². The van der Waals surface area contributed by atoms with Crippen LogP contribution in [0.3, 0.4) is 0 Å². The van der Waals surface area contributed by atoms with Gasteiger partial charge in [0.15, 0.2) is 6.61 Å². The normalized spacial score (nSPS) is 14.3. The maximum Gasteiger partial charge on any atom is 0.265 e. The van der Waals surface area contributed by atoms with E-state index in [9.17, 15) is 9.18 Å². The number of nitrogens with two attached hydrogens (primary N) is 1. The van der Waals surface area contributed by atoms with Gasteiger partial charge < -0.3 is 20.1 Å². The minimum atomic E-state index is -0.403. The Hall–Kier alpha value is -1.66. The highest BCUT2D eigenvalue weighted by molar-refractivity contribution is 5.97. The van der Waals surface area contributed by atoms with Crippen LogP contribution in [0, 0.1) is 5.82 Å². The van der Waals surface area contributed by atoms with Gasteiger partial charge in [-0.3, -0.25) is 4.79 Å². The molecule has 1 aliphatic heterocycles. The molecule has 5 nitrogen and oxygen atoms in total. The smallest absolute Gasteiger partial charge is 0.265 e. The van der Waals surface area contributed by atoms with Crippen molar-refractivity contribution in [1.82, 2.24) is 0 Å². The van der Waals surface area contributed by atoms with E-state index >= 15 is 0 Å². The lowest BCUT2D eigenvalue weighted by molar-refractivity contribution is -0.121. The average molecular weight is 254 g/mol. The Morgan fingerprint density at radius 1 is 1.44 bits per heavy atom. The fourth-order valence-corrected chi connectivity index (χ4v) is 1.76. The van der Waals surface area contributed by atoms with Gasteiger partial charge in [-0.25, -0.2) is 4.39 Å².